The predicted octanol–water partition coefficient (Wildman–Crippen LogP) is -0.927. The molecule has 0 fully saturated rings. The van der Waals surface area contributed by atoms with Crippen LogP contribution in [0.15, 0.2) is 12.3 Å². The van der Waals surface area contributed by atoms with Gasteiger partial charge in [0, 0.05) is 0 Å². The van der Waals surface area contributed by atoms with E-state index in [0.717, 1.165) is 0 Å². The molecule has 0 radical (unpaired) electrons. The number of hydrogen-bond donors (Lipinski definition) is 1. The van der Waals surface area contributed by atoms with Crippen LogP contribution in [0.4, 0.5) is 0 Å². The first-order chi connectivity index (χ1) is 3.31. The van der Waals surface area contributed by atoms with Crippen molar-refractivity contribution in [2.45, 2.75) is 6.55 Å². The van der Waals surface area contributed by atoms with Gasteiger partial charge < -0.3 is 8.91 Å². The topological polar surface area (TPSA) is 29.5 Å². The first kappa shape index (κ1) is 7.09. The molecule has 0 aliphatic carbocycles. The van der Waals surface area contributed by atoms with Crippen LogP contribution in [-0.4, -0.2) is 23.8 Å². The fraction of sp³-hybridized carbons (Fsp3) is 0.333. The summed E-state index contributed by atoms with van der Waals surface area (Å²) in [6, 6.07) is 0. The van der Waals surface area contributed by atoms with Crippen molar-refractivity contribution in [3.8, 4) is 0 Å². The molecule has 0 saturated heterocycles. The average Bonchev–Trinajstić information content (AvgIpc) is 1.68. The molecule has 0 heterocycles. The van der Waals surface area contributed by atoms with E-state index >= 15 is 0 Å². The summed E-state index contributed by atoms with van der Waals surface area (Å²) in [6.07, 6.45) is 0. The molecule has 0 aromatic carbocycles. The van der Waals surface area contributed by atoms with E-state index in [1.807, 2.05) is 6.55 Å². The van der Waals surface area contributed by atoms with Crippen molar-refractivity contribution in [1.82, 2.24) is 0 Å². The van der Waals surface area contributed by atoms with Gasteiger partial charge in [0.05, 0.1) is 0 Å². The van der Waals surface area contributed by atoms with Gasteiger partial charge in [-0.2, -0.15) is 0 Å². The number of rotatable bonds is 3. The van der Waals surface area contributed by atoms with E-state index in [0.29, 0.717) is 0 Å². The minimum Gasteiger partial charge on any atom is -0.440 e. The molecular formula is C3H10O2Si2. The molecule has 42 valence electrons. The normalized spacial score (nSPS) is 15.1. The van der Waals surface area contributed by atoms with Gasteiger partial charge in [0.1, 0.15) is 0 Å². The van der Waals surface area contributed by atoms with Gasteiger partial charge in [0.25, 0.3) is 10.0 Å². The van der Waals surface area contributed by atoms with Crippen molar-refractivity contribution in [2.24, 2.45) is 0 Å². The largest absolute Gasteiger partial charge is 0.440 e. The third-order valence-corrected chi connectivity index (χ3v) is 4.03. The Morgan fingerprint density at radius 2 is 2.57 bits per heavy atom. The van der Waals surface area contributed by atoms with Gasteiger partial charge in [0.2, 0.25) is 0 Å². The molecule has 4 heteroatoms. The number of hydrogen-bond acceptors (Lipinski definition) is 2. The fourth-order valence-electron chi connectivity index (χ4n) is 0.186. The van der Waals surface area contributed by atoms with Crippen LogP contribution in [0.1, 0.15) is 0 Å². The summed E-state index contributed by atoms with van der Waals surface area (Å²) in [5.74, 6) is 0. The van der Waals surface area contributed by atoms with Crippen LogP contribution in [0.25, 0.3) is 0 Å². The summed E-state index contributed by atoms with van der Waals surface area (Å²) >= 11 is 0. The summed E-state index contributed by atoms with van der Waals surface area (Å²) in [6.45, 7) is 5.51. The molecule has 0 spiro atoms. The van der Waals surface area contributed by atoms with Gasteiger partial charge in [0.15, 0.2) is 9.04 Å². The van der Waals surface area contributed by atoms with Gasteiger partial charge in [-0.15, -0.1) is 6.58 Å². The van der Waals surface area contributed by atoms with Crippen molar-refractivity contribution in [1.29, 1.82) is 0 Å². The van der Waals surface area contributed by atoms with Crippen LogP contribution in [0.3, 0.4) is 0 Å². The van der Waals surface area contributed by atoms with Crippen molar-refractivity contribution in [3.05, 3.63) is 12.3 Å². The molecule has 0 rings (SSSR count). The Morgan fingerprint density at radius 1 is 2.00 bits per heavy atom. The maximum atomic E-state index is 8.27. The van der Waals surface area contributed by atoms with Gasteiger partial charge in [-0.1, -0.05) is 5.70 Å². The highest BCUT2D eigenvalue weighted by Gasteiger charge is 1.92. The molecule has 1 unspecified atom stereocenters. The first-order valence-corrected chi connectivity index (χ1v) is 5.66. The Kier molecular flexibility index (Phi) is 4.31. The molecule has 1 N–H and O–H groups in total. The Labute approximate surface area is 47.6 Å². The van der Waals surface area contributed by atoms with Crippen molar-refractivity contribution in [2.75, 3.05) is 0 Å². The smallest absolute Gasteiger partial charge is 0.291 e. The summed E-state index contributed by atoms with van der Waals surface area (Å²) in [5, 5.41) is 0. The minimum absolute atomic E-state index is 1.11. The third-order valence-electron chi connectivity index (χ3n) is 0.669. The first-order valence-electron chi connectivity index (χ1n) is 2.16. The highest BCUT2D eigenvalue weighted by molar-refractivity contribution is 6.60. The van der Waals surface area contributed by atoms with Gasteiger partial charge >= 0.3 is 0 Å². The second-order valence-electron chi connectivity index (χ2n) is 1.24. The summed E-state index contributed by atoms with van der Waals surface area (Å²) < 4.78 is 4.91. The lowest BCUT2D eigenvalue weighted by molar-refractivity contribution is 0.465. The molecular weight excluding hydrogens is 124 g/mol. The van der Waals surface area contributed by atoms with Gasteiger partial charge in [-0.25, -0.2) is 0 Å². The second-order valence-corrected chi connectivity index (χ2v) is 4.71. The van der Waals surface area contributed by atoms with Crippen LogP contribution < -0.4 is 0 Å². The average molecular weight is 134 g/mol. The lowest BCUT2D eigenvalue weighted by Crippen LogP contribution is -2.12. The molecule has 0 aromatic heterocycles. The molecule has 0 bridgehead atoms. The molecule has 0 aliphatic heterocycles. The van der Waals surface area contributed by atoms with E-state index < -0.39 is 19.0 Å². The lowest BCUT2D eigenvalue weighted by atomic mass is 11.3. The monoisotopic (exact) mass is 134 g/mol. The van der Waals surface area contributed by atoms with E-state index in [9.17, 15) is 0 Å². The summed E-state index contributed by atoms with van der Waals surface area (Å²) in [4.78, 5) is 8.27. The van der Waals surface area contributed by atoms with E-state index in [1.165, 1.54) is 0 Å². The van der Waals surface area contributed by atoms with Crippen LogP contribution >= 0.6 is 0 Å². The third kappa shape index (κ3) is 3.94. The lowest BCUT2D eigenvalue weighted by Gasteiger charge is -1.99. The van der Waals surface area contributed by atoms with Gasteiger partial charge in [-0.3, -0.25) is 0 Å². The quantitative estimate of drug-likeness (QED) is 0.506. The van der Waals surface area contributed by atoms with E-state index in [1.54, 1.807) is 5.70 Å². The van der Waals surface area contributed by atoms with Crippen LogP contribution in [0.5, 0.6) is 0 Å². The Hall–Kier alpha value is 0.0938. The summed E-state index contributed by atoms with van der Waals surface area (Å²) in [5.41, 5.74) is 1.79. The minimum atomic E-state index is -1.15. The molecule has 1 atom stereocenters. The highest BCUT2D eigenvalue weighted by Crippen LogP contribution is 1.79. The second kappa shape index (κ2) is 4.26. The molecule has 0 amide bonds. The zero-order valence-corrected chi connectivity index (χ0v) is 6.99. The van der Waals surface area contributed by atoms with Crippen molar-refractivity contribution in [3.63, 3.8) is 0 Å². The van der Waals surface area contributed by atoms with Crippen LogP contribution in [0.2, 0.25) is 6.55 Å². The van der Waals surface area contributed by atoms with Crippen molar-refractivity contribution < 1.29 is 8.91 Å². The maximum absolute atomic E-state index is 8.27. The van der Waals surface area contributed by atoms with E-state index in [4.69, 9.17) is 8.91 Å². The Bertz CT molecular complexity index is 56.9. The Morgan fingerprint density at radius 3 is 2.71 bits per heavy atom. The predicted molar refractivity (Wildman–Crippen MR) is 35.1 cm³/mol. The molecule has 0 saturated carbocycles. The standard InChI is InChI=1S/C3H10O2Si2/c1-3-7(2)5-6-4/h3-4,7H,1,6H2,2H3. The molecule has 2 nitrogen and oxygen atoms in total. The van der Waals surface area contributed by atoms with Crippen molar-refractivity contribution >= 4 is 19.0 Å². The van der Waals surface area contributed by atoms with Crippen LogP contribution in [-0.2, 0) is 4.12 Å². The van der Waals surface area contributed by atoms with Gasteiger partial charge in [-0.05, 0) is 6.55 Å². The zero-order valence-electron chi connectivity index (χ0n) is 4.42. The van der Waals surface area contributed by atoms with E-state index in [2.05, 4.69) is 6.58 Å². The fourth-order valence-corrected chi connectivity index (χ4v) is 1.67. The summed E-state index contributed by atoms with van der Waals surface area (Å²) in [7, 11) is -2.26. The Balaban J connectivity index is 2.98. The van der Waals surface area contributed by atoms with Crippen LogP contribution in [0, 0.1) is 0 Å². The molecule has 7 heavy (non-hydrogen) atoms. The SMILES string of the molecule is C=C[SiH](C)O[SiH2]O. The molecule has 0 aliphatic rings. The molecule has 0 aromatic rings. The maximum Gasteiger partial charge on any atom is 0.291 e. The zero-order chi connectivity index (χ0) is 5.70. The highest BCUT2D eigenvalue weighted by atomic mass is 28.4. The van der Waals surface area contributed by atoms with E-state index in [-0.39, 0.29) is 0 Å².